The molecule has 0 amide bonds. The van der Waals surface area contributed by atoms with Gasteiger partial charge in [0.25, 0.3) is 0 Å². The van der Waals surface area contributed by atoms with Gasteiger partial charge in [-0.15, -0.1) is 0 Å². The van der Waals surface area contributed by atoms with Gasteiger partial charge in [-0.1, -0.05) is 23.2 Å². The van der Waals surface area contributed by atoms with Crippen LogP contribution in [0.25, 0.3) is 0 Å². The third kappa shape index (κ3) is 4.14. The second-order valence-electron chi connectivity index (χ2n) is 4.14. The van der Waals surface area contributed by atoms with Gasteiger partial charge < -0.3 is 5.73 Å². The molecular formula is C11H15Cl2NO2S. The van der Waals surface area contributed by atoms with Crippen LogP contribution in [0.3, 0.4) is 0 Å². The molecule has 3 nitrogen and oxygen atoms in total. The highest BCUT2D eigenvalue weighted by Gasteiger charge is 2.23. The number of nitrogens with two attached hydrogens (primary N) is 1. The predicted molar refractivity (Wildman–Crippen MR) is 72.4 cm³/mol. The first kappa shape index (κ1) is 14.8. The van der Waals surface area contributed by atoms with E-state index in [4.69, 9.17) is 28.9 Å². The van der Waals surface area contributed by atoms with Gasteiger partial charge >= 0.3 is 0 Å². The Balaban J connectivity index is 2.88. The SMILES string of the molecule is CC(C(N)Cc1cc(Cl)ccc1Cl)S(C)(=O)=O. The van der Waals surface area contributed by atoms with Crippen LogP contribution in [0.1, 0.15) is 12.5 Å². The lowest BCUT2D eigenvalue weighted by Crippen LogP contribution is -2.39. The van der Waals surface area contributed by atoms with E-state index in [9.17, 15) is 8.42 Å². The fraction of sp³-hybridized carbons (Fsp3) is 0.455. The Hall–Kier alpha value is -0.290. The first-order valence-electron chi connectivity index (χ1n) is 5.10. The van der Waals surface area contributed by atoms with Crippen LogP contribution in [0.2, 0.25) is 10.0 Å². The van der Waals surface area contributed by atoms with Crippen molar-refractivity contribution in [3.8, 4) is 0 Å². The van der Waals surface area contributed by atoms with Crippen molar-refractivity contribution in [1.82, 2.24) is 0 Å². The Morgan fingerprint density at radius 1 is 1.35 bits per heavy atom. The summed E-state index contributed by atoms with van der Waals surface area (Å²) in [6, 6.07) is 4.57. The van der Waals surface area contributed by atoms with Crippen LogP contribution in [-0.2, 0) is 16.3 Å². The van der Waals surface area contributed by atoms with Crippen molar-refractivity contribution in [1.29, 1.82) is 0 Å². The first-order chi connectivity index (χ1) is 7.71. The summed E-state index contributed by atoms with van der Waals surface area (Å²) in [6.45, 7) is 1.60. The first-order valence-corrected chi connectivity index (χ1v) is 7.81. The van der Waals surface area contributed by atoms with Crippen molar-refractivity contribution in [2.45, 2.75) is 24.6 Å². The molecule has 0 aliphatic heterocycles. The Morgan fingerprint density at radius 3 is 2.47 bits per heavy atom. The lowest BCUT2D eigenvalue weighted by atomic mass is 10.0. The summed E-state index contributed by atoms with van der Waals surface area (Å²) in [4.78, 5) is 0. The number of rotatable bonds is 4. The van der Waals surface area contributed by atoms with Gasteiger partial charge in [-0.05, 0) is 37.1 Å². The zero-order chi connectivity index (χ0) is 13.2. The van der Waals surface area contributed by atoms with E-state index < -0.39 is 21.1 Å². The average molecular weight is 296 g/mol. The largest absolute Gasteiger partial charge is 0.326 e. The highest BCUT2D eigenvalue weighted by Crippen LogP contribution is 2.22. The molecular weight excluding hydrogens is 281 g/mol. The molecule has 2 atom stereocenters. The van der Waals surface area contributed by atoms with Crippen LogP contribution in [0.15, 0.2) is 18.2 Å². The Bertz CT molecular complexity index is 502. The van der Waals surface area contributed by atoms with Crippen molar-refractivity contribution in [2.24, 2.45) is 5.73 Å². The van der Waals surface area contributed by atoms with Gasteiger partial charge in [-0.25, -0.2) is 8.42 Å². The van der Waals surface area contributed by atoms with Gasteiger partial charge in [0.2, 0.25) is 0 Å². The second-order valence-corrected chi connectivity index (χ2v) is 7.38. The minimum atomic E-state index is -3.15. The standard InChI is InChI=1S/C11H15Cl2NO2S/c1-7(17(2,15)16)11(14)6-8-5-9(12)3-4-10(8)13/h3-5,7,11H,6,14H2,1-2H3. The smallest absolute Gasteiger partial charge is 0.151 e. The molecule has 0 radical (unpaired) electrons. The van der Waals surface area contributed by atoms with Crippen molar-refractivity contribution in [3.63, 3.8) is 0 Å². The van der Waals surface area contributed by atoms with Gasteiger partial charge in [-0.2, -0.15) is 0 Å². The fourth-order valence-electron chi connectivity index (χ4n) is 1.44. The number of hydrogen-bond donors (Lipinski definition) is 1. The fourth-order valence-corrected chi connectivity index (χ4v) is 2.56. The van der Waals surface area contributed by atoms with Crippen LogP contribution in [0, 0.1) is 0 Å². The summed E-state index contributed by atoms with van der Waals surface area (Å²) < 4.78 is 22.8. The molecule has 1 aromatic carbocycles. The van der Waals surface area contributed by atoms with E-state index in [-0.39, 0.29) is 0 Å². The van der Waals surface area contributed by atoms with E-state index in [1.54, 1.807) is 25.1 Å². The van der Waals surface area contributed by atoms with Crippen molar-refractivity contribution in [2.75, 3.05) is 6.26 Å². The maximum atomic E-state index is 11.4. The average Bonchev–Trinajstić information content (AvgIpc) is 2.21. The van der Waals surface area contributed by atoms with Crippen LogP contribution >= 0.6 is 23.2 Å². The summed E-state index contributed by atoms with van der Waals surface area (Å²) in [5, 5.41) is 0.492. The van der Waals surface area contributed by atoms with Gasteiger partial charge in [-0.3, -0.25) is 0 Å². The van der Waals surface area contributed by atoms with E-state index in [1.165, 1.54) is 6.26 Å². The lowest BCUT2D eigenvalue weighted by molar-refractivity contribution is 0.562. The zero-order valence-corrected chi connectivity index (χ0v) is 12.0. The lowest BCUT2D eigenvalue weighted by Gasteiger charge is -2.18. The molecule has 0 aromatic heterocycles. The summed E-state index contributed by atoms with van der Waals surface area (Å²) >= 11 is 11.8. The van der Waals surface area contributed by atoms with Gasteiger partial charge in [0.05, 0.1) is 5.25 Å². The Labute approximate surface area is 112 Å². The molecule has 0 aliphatic carbocycles. The molecule has 0 aliphatic rings. The van der Waals surface area contributed by atoms with Crippen LogP contribution < -0.4 is 5.73 Å². The normalized spacial score (nSPS) is 15.6. The van der Waals surface area contributed by atoms with E-state index in [1.807, 2.05) is 0 Å². The van der Waals surface area contributed by atoms with E-state index in [2.05, 4.69) is 0 Å². The molecule has 0 saturated carbocycles. The van der Waals surface area contributed by atoms with Crippen molar-refractivity contribution < 1.29 is 8.42 Å². The minimum Gasteiger partial charge on any atom is -0.326 e. The van der Waals surface area contributed by atoms with Crippen LogP contribution in [0.5, 0.6) is 0 Å². The zero-order valence-electron chi connectivity index (χ0n) is 9.65. The molecule has 0 heterocycles. The molecule has 0 spiro atoms. The molecule has 96 valence electrons. The number of benzene rings is 1. The third-order valence-electron chi connectivity index (χ3n) is 2.74. The summed E-state index contributed by atoms with van der Waals surface area (Å²) in [7, 11) is -3.15. The van der Waals surface area contributed by atoms with Crippen LogP contribution in [0.4, 0.5) is 0 Å². The number of hydrogen-bond acceptors (Lipinski definition) is 3. The molecule has 6 heteroatoms. The topological polar surface area (TPSA) is 60.2 Å². The van der Waals surface area contributed by atoms with Gasteiger partial charge in [0, 0.05) is 22.3 Å². The van der Waals surface area contributed by atoms with Gasteiger partial charge in [0.15, 0.2) is 9.84 Å². The molecule has 2 N–H and O–H groups in total. The van der Waals surface area contributed by atoms with E-state index in [0.29, 0.717) is 16.5 Å². The summed E-state index contributed by atoms with van der Waals surface area (Å²) in [5.41, 5.74) is 6.64. The third-order valence-corrected chi connectivity index (χ3v) is 5.05. The van der Waals surface area contributed by atoms with E-state index >= 15 is 0 Å². The molecule has 1 rings (SSSR count). The molecule has 0 bridgehead atoms. The number of halogens is 2. The second kappa shape index (κ2) is 5.57. The maximum absolute atomic E-state index is 11.4. The van der Waals surface area contributed by atoms with E-state index in [0.717, 1.165) is 5.56 Å². The van der Waals surface area contributed by atoms with Crippen molar-refractivity contribution in [3.05, 3.63) is 33.8 Å². The Morgan fingerprint density at radius 2 is 1.94 bits per heavy atom. The number of sulfone groups is 1. The van der Waals surface area contributed by atoms with Gasteiger partial charge in [0.1, 0.15) is 0 Å². The highest BCUT2D eigenvalue weighted by atomic mass is 35.5. The minimum absolute atomic E-state index is 0.383. The monoisotopic (exact) mass is 295 g/mol. The summed E-state index contributed by atoms with van der Waals surface area (Å²) in [6.07, 6.45) is 1.56. The molecule has 2 unspecified atom stereocenters. The summed E-state index contributed by atoms with van der Waals surface area (Å²) in [5.74, 6) is 0. The molecule has 1 aromatic rings. The molecule has 17 heavy (non-hydrogen) atoms. The molecule has 0 saturated heterocycles. The van der Waals surface area contributed by atoms with Crippen LogP contribution in [-0.4, -0.2) is 26.0 Å². The predicted octanol–water partition coefficient (Wildman–Crippen LogP) is 2.30. The highest BCUT2D eigenvalue weighted by molar-refractivity contribution is 7.91. The van der Waals surface area contributed by atoms with Crippen molar-refractivity contribution >= 4 is 33.0 Å². The quantitative estimate of drug-likeness (QED) is 0.927. The maximum Gasteiger partial charge on any atom is 0.151 e. The molecule has 0 fully saturated rings. The Kier molecular flexibility index (Phi) is 4.84.